The molecule has 0 aromatic heterocycles. The number of anilines is 1. The third kappa shape index (κ3) is 2.43. The van der Waals surface area contributed by atoms with Gasteiger partial charge in [0.15, 0.2) is 5.78 Å². The lowest BCUT2D eigenvalue weighted by Crippen LogP contribution is -2.20. The maximum atomic E-state index is 13.4. The van der Waals surface area contributed by atoms with Crippen molar-refractivity contribution in [1.29, 1.82) is 0 Å². The predicted molar refractivity (Wildman–Crippen MR) is 59.9 cm³/mol. The molecule has 0 spiro atoms. The van der Waals surface area contributed by atoms with Crippen LogP contribution >= 0.6 is 0 Å². The van der Waals surface area contributed by atoms with Gasteiger partial charge in [-0.25, -0.2) is 4.39 Å². The fourth-order valence-electron chi connectivity index (χ4n) is 1.47. The molecule has 1 rings (SSSR count). The molecule has 0 atom stereocenters. The van der Waals surface area contributed by atoms with Crippen LogP contribution in [0, 0.1) is 5.82 Å². The number of ketones is 1. The van der Waals surface area contributed by atoms with Gasteiger partial charge in [-0.05, 0) is 19.1 Å². The molecule has 3 heteroatoms. The van der Waals surface area contributed by atoms with E-state index in [0.29, 0.717) is 12.2 Å². The van der Waals surface area contributed by atoms with E-state index in [9.17, 15) is 9.18 Å². The van der Waals surface area contributed by atoms with Gasteiger partial charge in [0, 0.05) is 13.6 Å². The van der Waals surface area contributed by atoms with E-state index in [2.05, 4.69) is 6.58 Å². The van der Waals surface area contributed by atoms with Crippen LogP contribution in [0.2, 0.25) is 0 Å². The molecule has 0 bridgehead atoms. The van der Waals surface area contributed by atoms with E-state index < -0.39 is 5.82 Å². The molecule has 0 amide bonds. The van der Waals surface area contributed by atoms with Crippen molar-refractivity contribution in [1.82, 2.24) is 0 Å². The van der Waals surface area contributed by atoms with Gasteiger partial charge in [-0.3, -0.25) is 4.79 Å². The van der Waals surface area contributed by atoms with E-state index in [0.717, 1.165) is 0 Å². The smallest absolute Gasteiger partial charge is 0.164 e. The van der Waals surface area contributed by atoms with Crippen molar-refractivity contribution >= 4 is 11.5 Å². The molecule has 0 aliphatic carbocycles. The van der Waals surface area contributed by atoms with Gasteiger partial charge >= 0.3 is 0 Å². The number of carbonyl (C=O) groups is 1. The van der Waals surface area contributed by atoms with E-state index >= 15 is 0 Å². The number of hydrogen-bond acceptors (Lipinski definition) is 2. The zero-order valence-electron chi connectivity index (χ0n) is 8.96. The fraction of sp³-hybridized carbons (Fsp3) is 0.250. The summed E-state index contributed by atoms with van der Waals surface area (Å²) in [5.74, 6) is -0.741. The Morgan fingerprint density at radius 3 is 2.80 bits per heavy atom. The molecule has 0 aliphatic heterocycles. The van der Waals surface area contributed by atoms with E-state index in [-0.39, 0.29) is 11.3 Å². The summed E-state index contributed by atoms with van der Waals surface area (Å²) in [4.78, 5) is 13.1. The van der Waals surface area contributed by atoms with Gasteiger partial charge in [0.25, 0.3) is 0 Å². The van der Waals surface area contributed by atoms with Gasteiger partial charge in [0.05, 0.1) is 11.3 Å². The molecule has 0 radical (unpaired) electrons. The molecule has 0 saturated heterocycles. The minimum absolute atomic E-state index is 0.141. The highest BCUT2D eigenvalue weighted by atomic mass is 19.1. The summed E-state index contributed by atoms with van der Waals surface area (Å²) in [5.41, 5.74) is 0.740. The highest BCUT2D eigenvalue weighted by Gasteiger charge is 2.14. The highest BCUT2D eigenvalue weighted by molar-refractivity contribution is 6.00. The lowest BCUT2D eigenvalue weighted by atomic mass is 10.1. The Bertz CT molecular complexity index is 387. The summed E-state index contributed by atoms with van der Waals surface area (Å²) < 4.78 is 13.4. The molecule has 0 heterocycles. The Labute approximate surface area is 89.0 Å². The number of likely N-dealkylation sites (N-methyl/N-ethyl adjacent to an activating group) is 1. The van der Waals surface area contributed by atoms with Crippen LogP contribution in [0.1, 0.15) is 17.3 Å². The van der Waals surface area contributed by atoms with E-state index in [4.69, 9.17) is 0 Å². The molecule has 0 saturated carbocycles. The summed E-state index contributed by atoms with van der Waals surface area (Å²) in [6, 6.07) is 4.61. The first kappa shape index (κ1) is 11.4. The Kier molecular flexibility index (Phi) is 3.61. The Morgan fingerprint density at radius 2 is 2.27 bits per heavy atom. The molecule has 0 N–H and O–H groups in total. The minimum Gasteiger partial charge on any atom is -0.370 e. The zero-order chi connectivity index (χ0) is 11.4. The number of carbonyl (C=O) groups excluding carboxylic acids is 1. The maximum absolute atomic E-state index is 13.4. The van der Waals surface area contributed by atoms with Crippen molar-refractivity contribution in [2.45, 2.75) is 6.92 Å². The molecular formula is C12H14FNO. The molecule has 0 fully saturated rings. The van der Waals surface area contributed by atoms with Crippen LogP contribution < -0.4 is 4.90 Å². The van der Waals surface area contributed by atoms with E-state index in [1.165, 1.54) is 13.0 Å². The SMILES string of the molecule is C=CCN(C)c1cccc(F)c1C(C)=O. The van der Waals surface area contributed by atoms with Crippen molar-refractivity contribution in [2.24, 2.45) is 0 Å². The molecule has 2 nitrogen and oxygen atoms in total. The second kappa shape index (κ2) is 4.73. The quantitative estimate of drug-likeness (QED) is 0.558. The summed E-state index contributed by atoms with van der Waals surface area (Å²) >= 11 is 0. The monoisotopic (exact) mass is 207 g/mol. The first-order valence-electron chi connectivity index (χ1n) is 4.69. The Morgan fingerprint density at radius 1 is 1.60 bits per heavy atom. The first-order chi connectivity index (χ1) is 7.07. The number of benzene rings is 1. The maximum Gasteiger partial charge on any atom is 0.164 e. The number of nitrogens with zero attached hydrogens (tertiary/aromatic N) is 1. The van der Waals surface area contributed by atoms with Gasteiger partial charge in [0.2, 0.25) is 0 Å². The zero-order valence-corrected chi connectivity index (χ0v) is 8.96. The second-order valence-corrected chi connectivity index (χ2v) is 3.36. The molecule has 1 aromatic rings. The first-order valence-corrected chi connectivity index (χ1v) is 4.69. The lowest BCUT2D eigenvalue weighted by molar-refractivity contribution is 0.101. The van der Waals surface area contributed by atoms with Crippen molar-refractivity contribution < 1.29 is 9.18 Å². The van der Waals surface area contributed by atoms with Crippen molar-refractivity contribution in [3.63, 3.8) is 0 Å². The topological polar surface area (TPSA) is 20.3 Å². The van der Waals surface area contributed by atoms with Crippen LogP contribution in [-0.4, -0.2) is 19.4 Å². The van der Waals surface area contributed by atoms with Crippen molar-refractivity contribution in [3.8, 4) is 0 Å². The standard InChI is InChI=1S/C12H14FNO/c1-4-8-14(3)11-7-5-6-10(13)12(11)9(2)15/h4-7H,1,8H2,2-3H3. The van der Waals surface area contributed by atoms with Crippen LogP contribution in [0.15, 0.2) is 30.9 Å². The third-order valence-electron chi connectivity index (χ3n) is 2.16. The average molecular weight is 207 g/mol. The predicted octanol–water partition coefficient (Wildman–Crippen LogP) is 2.65. The number of Topliss-reactive ketones (excluding diaryl/α,β-unsaturated/α-hetero) is 1. The number of rotatable bonds is 4. The van der Waals surface area contributed by atoms with E-state index in [1.54, 1.807) is 30.2 Å². The fourth-order valence-corrected chi connectivity index (χ4v) is 1.47. The molecule has 0 aliphatic rings. The average Bonchev–Trinajstić information content (AvgIpc) is 2.17. The van der Waals surface area contributed by atoms with Crippen LogP contribution in [0.25, 0.3) is 0 Å². The summed E-state index contributed by atoms with van der Waals surface area (Å²) in [7, 11) is 1.79. The molecule has 1 aromatic carbocycles. The number of hydrogen-bond donors (Lipinski definition) is 0. The van der Waals surface area contributed by atoms with Crippen LogP contribution in [0.5, 0.6) is 0 Å². The lowest BCUT2D eigenvalue weighted by Gasteiger charge is -2.20. The third-order valence-corrected chi connectivity index (χ3v) is 2.16. The summed E-state index contributed by atoms with van der Waals surface area (Å²) in [5, 5.41) is 0. The molecule has 0 unspecified atom stereocenters. The Hall–Kier alpha value is -1.64. The second-order valence-electron chi connectivity index (χ2n) is 3.36. The molecule has 80 valence electrons. The van der Waals surface area contributed by atoms with Crippen LogP contribution in [-0.2, 0) is 0 Å². The molecular weight excluding hydrogens is 193 g/mol. The normalized spacial score (nSPS) is 9.80. The van der Waals surface area contributed by atoms with Crippen molar-refractivity contribution in [2.75, 3.05) is 18.5 Å². The largest absolute Gasteiger partial charge is 0.370 e. The summed E-state index contributed by atoms with van der Waals surface area (Å²) in [6.07, 6.45) is 1.70. The number of halogens is 1. The van der Waals surface area contributed by atoms with Gasteiger partial charge in [-0.1, -0.05) is 12.1 Å². The highest BCUT2D eigenvalue weighted by Crippen LogP contribution is 2.22. The minimum atomic E-state index is -0.476. The van der Waals surface area contributed by atoms with E-state index in [1.807, 2.05) is 0 Å². The van der Waals surface area contributed by atoms with Gasteiger partial charge in [0.1, 0.15) is 5.82 Å². The Balaban J connectivity index is 3.22. The van der Waals surface area contributed by atoms with Gasteiger partial charge in [-0.2, -0.15) is 0 Å². The van der Waals surface area contributed by atoms with Gasteiger partial charge in [-0.15, -0.1) is 6.58 Å². The summed E-state index contributed by atoms with van der Waals surface area (Å²) in [6.45, 7) is 5.54. The molecule has 15 heavy (non-hydrogen) atoms. The van der Waals surface area contributed by atoms with Gasteiger partial charge < -0.3 is 4.90 Å². The van der Waals surface area contributed by atoms with Crippen LogP contribution in [0.3, 0.4) is 0 Å². The van der Waals surface area contributed by atoms with Crippen molar-refractivity contribution in [3.05, 3.63) is 42.2 Å². The van der Waals surface area contributed by atoms with Crippen LogP contribution in [0.4, 0.5) is 10.1 Å².